The lowest BCUT2D eigenvalue weighted by atomic mass is 9.82. The molecule has 4 heteroatoms. The van der Waals surface area contributed by atoms with E-state index in [-0.39, 0.29) is 0 Å². The highest BCUT2D eigenvalue weighted by Gasteiger charge is 2.27. The van der Waals surface area contributed by atoms with Crippen LogP contribution in [0.3, 0.4) is 0 Å². The molecule has 2 aliphatic rings. The quantitative estimate of drug-likeness (QED) is 0.715. The van der Waals surface area contributed by atoms with Gasteiger partial charge in [-0.1, -0.05) is 25.7 Å². The van der Waals surface area contributed by atoms with E-state index in [2.05, 4.69) is 16.0 Å². The van der Waals surface area contributed by atoms with Gasteiger partial charge >= 0.3 is 0 Å². The third kappa shape index (κ3) is 3.23. The van der Waals surface area contributed by atoms with Gasteiger partial charge in [0.2, 0.25) is 0 Å². The molecule has 0 aromatic carbocycles. The Morgan fingerprint density at radius 3 is 2.54 bits per heavy atom. The summed E-state index contributed by atoms with van der Waals surface area (Å²) in [6.45, 7) is 1.91. The molecule has 0 N–H and O–H groups in total. The largest absolute Gasteiger partial charge is 0.256 e. The van der Waals surface area contributed by atoms with Crippen LogP contribution in [0.5, 0.6) is 0 Å². The highest BCUT2D eigenvalue weighted by atomic mass is 14.9. The number of fused-ring (bicyclic) bond motifs is 1. The fourth-order valence-corrected chi connectivity index (χ4v) is 4.60. The van der Waals surface area contributed by atoms with Gasteiger partial charge in [0, 0.05) is 23.4 Å². The lowest BCUT2D eigenvalue weighted by Gasteiger charge is -2.25. The topological polar surface area (TPSA) is 62.5 Å². The van der Waals surface area contributed by atoms with Crippen LogP contribution in [0, 0.1) is 18.3 Å². The zero-order chi connectivity index (χ0) is 17.9. The van der Waals surface area contributed by atoms with Crippen LogP contribution in [0.1, 0.15) is 85.6 Å². The van der Waals surface area contributed by atoms with E-state index in [0.29, 0.717) is 5.92 Å². The molecule has 26 heavy (non-hydrogen) atoms. The predicted octanol–water partition coefficient (Wildman–Crippen LogP) is 5.04. The molecule has 0 atom stereocenters. The van der Waals surface area contributed by atoms with Crippen molar-refractivity contribution in [1.29, 1.82) is 5.26 Å². The van der Waals surface area contributed by atoms with Gasteiger partial charge in [0.1, 0.15) is 11.9 Å². The molecule has 4 rings (SSSR count). The van der Waals surface area contributed by atoms with Crippen molar-refractivity contribution in [3.63, 3.8) is 0 Å². The predicted molar refractivity (Wildman–Crippen MR) is 102 cm³/mol. The van der Waals surface area contributed by atoms with Crippen molar-refractivity contribution in [1.82, 2.24) is 15.0 Å². The first-order chi connectivity index (χ1) is 12.8. The number of hydrogen-bond acceptors (Lipinski definition) is 4. The summed E-state index contributed by atoms with van der Waals surface area (Å²) < 4.78 is 0. The maximum atomic E-state index is 10.1. The Kier molecular flexibility index (Phi) is 4.97. The van der Waals surface area contributed by atoms with Crippen LogP contribution in [0.2, 0.25) is 0 Å². The smallest absolute Gasteiger partial charge is 0.125 e. The standard InChI is InChI=1S/C22H26N4/c1-15-24-13-12-20(25-15)21-17-10-6-3-7-11-19(17)26-22(18(21)14-23)16-8-4-2-5-9-16/h12-13,16H,2-11H2,1H3. The van der Waals surface area contributed by atoms with Gasteiger partial charge in [-0.2, -0.15) is 5.26 Å². The molecule has 0 radical (unpaired) electrons. The minimum absolute atomic E-state index is 0.425. The van der Waals surface area contributed by atoms with Crippen LogP contribution < -0.4 is 0 Å². The molecule has 2 aromatic rings. The molecule has 0 bridgehead atoms. The number of hydrogen-bond donors (Lipinski definition) is 0. The summed E-state index contributed by atoms with van der Waals surface area (Å²) in [6.07, 6.45) is 13.5. The number of nitriles is 1. The second-order valence-corrected chi connectivity index (χ2v) is 7.67. The van der Waals surface area contributed by atoms with Crippen molar-refractivity contribution < 1.29 is 0 Å². The third-order valence-corrected chi connectivity index (χ3v) is 5.89. The molecular formula is C22H26N4. The SMILES string of the molecule is Cc1nccc(-c2c(C#N)c(C3CCCCC3)nc3c2CCCCC3)n1. The van der Waals surface area contributed by atoms with Crippen LogP contribution in [-0.2, 0) is 12.8 Å². The lowest BCUT2D eigenvalue weighted by Crippen LogP contribution is -2.14. The van der Waals surface area contributed by atoms with Crippen molar-refractivity contribution in [2.45, 2.75) is 77.0 Å². The second kappa shape index (κ2) is 7.53. The molecule has 1 saturated carbocycles. The highest BCUT2D eigenvalue weighted by Crippen LogP contribution is 2.39. The van der Waals surface area contributed by atoms with Crippen LogP contribution in [0.25, 0.3) is 11.3 Å². The Hall–Kier alpha value is -2.28. The first kappa shape index (κ1) is 17.1. The van der Waals surface area contributed by atoms with E-state index in [1.165, 1.54) is 49.8 Å². The fraction of sp³-hybridized carbons (Fsp3) is 0.545. The van der Waals surface area contributed by atoms with Crippen LogP contribution in [0.15, 0.2) is 12.3 Å². The van der Waals surface area contributed by atoms with Gasteiger partial charge in [0.25, 0.3) is 0 Å². The Morgan fingerprint density at radius 1 is 1.00 bits per heavy atom. The monoisotopic (exact) mass is 346 g/mol. The van der Waals surface area contributed by atoms with Crippen molar-refractivity contribution in [2.75, 3.05) is 0 Å². The zero-order valence-electron chi connectivity index (χ0n) is 15.6. The molecule has 0 saturated heterocycles. The summed E-state index contributed by atoms with van der Waals surface area (Å²) in [5, 5.41) is 10.1. The Labute approximate surface area is 155 Å². The number of nitrogens with zero attached hydrogens (tertiary/aromatic N) is 4. The summed E-state index contributed by atoms with van der Waals surface area (Å²) in [5.41, 5.74) is 6.23. The first-order valence-electron chi connectivity index (χ1n) is 10.0. The normalized spacial score (nSPS) is 18.0. The van der Waals surface area contributed by atoms with Gasteiger partial charge < -0.3 is 0 Å². The van der Waals surface area contributed by atoms with Crippen LogP contribution in [-0.4, -0.2) is 15.0 Å². The Bertz CT molecular complexity index is 844. The lowest BCUT2D eigenvalue weighted by molar-refractivity contribution is 0.435. The van der Waals surface area contributed by atoms with Gasteiger partial charge in [0.05, 0.1) is 17.0 Å². The van der Waals surface area contributed by atoms with E-state index < -0.39 is 0 Å². The molecule has 2 aliphatic carbocycles. The molecule has 2 aromatic heterocycles. The number of pyridine rings is 1. The minimum Gasteiger partial charge on any atom is -0.256 e. The number of aryl methyl sites for hydroxylation is 2. The van der Waals surface area contributed by atoms with E-state index in [1.807, 2.05) is 19.2 Å². The van der Waals surface area contributed by atoms with E-state index in [0.717, 1.165) is 54.0 Å². The van der Waals surface area contributed by atoms with E-state index in [1.54, 1.807) is 0 Å². The average molecular weight is 346 g/mol. The Balaban J connectivity index is 1.95. The molecule has 2 heterocycles. The molecule has 0 amide bonds. The molecule has 134 valence electrons. The van der Waals surface area contributed by atoms with Gasteiger partial charge in [-0.25, -0.2) is 9.97 Å². The average Bonchev–Trinajstić information content (AvgIpc) is 2.92. The zero-order valence-corrected chi connectivity index (χ0v) is 15.6. The molecule has 0 unspecified atom stereocenters. The summed E-state index contributed by atoms with van der Waals surface area (Å²) >= 11 is 0. The molecule has 1 fully saturated rings. The maximum Gasteiger partial charge on any atom is 0.125 e. The summed E-state index contributed by atoms with van der Waals surface area (Å²) in [7, 11) is 0. The van der Waals surface area contributed by atoms with E-state index in [4.69, 9.17) is 4.98 Å². The number of aromatic nitrogens is 3. The van der Waals surface area contributed by atoms with Gasteiger partial charge in [0.15, 0.2) is 0 Å². The third-order valence-electron chi connectivity index (χ3n) is 5.89. The Morgan fingerprint density at radius 2 is 1.77 bits per heavy atom. The molecular weight excluding hydrogens is 320 g/mol. The summed E-state index contributed by atoms with van der Waals surface area (Å²) in [5.74, 6) is 1.18. The van der Waals surface area contributed by atoms with Gasteiger partial charge in [-0.05, 0) is 57.1 Å². The second-order valence-electron chi connectivity index (χ2n) is 7.67. The van der Waals surface area contributed by atoms with E-state index in [9.17, 15) is 5.26 Å². The molecule has 0 spiro atoms. The summed E-state index contributed by atoms with van der Waals surface area (Å²) in [4.78, 5) is 14.1. The van der Waals surface area contributed by atoms with Crippen molar-refractivity contribution >= 4 is 0 Å². The van der Waals surface area contributed by atoms with E-state index >= 15 is 0 Å². The minimum atomic E-state index is 0.425. The van der Waals surface area contributed by atoms with Crippen molar-refractivity contribution in [3.8, 4) is 17.3 Å². The van der Waals surface area contributed by atoms with Crippen LogP contribution >= 0.6 is 0 Å². The fourth-order valence-electron chi connectivity index (χ4n) is 4.60. The van der Waals surface area contributed by atoms with Crippen molar-refractivity contribution in [3.05, 3.63) is 40.6 Å². The van der Waals surface area contributed by atoms with Crippen molar-refractivity contribution in [2.24, 2.45) is 0 Å². The van der Waals surface area contributed by atoms with Gasteiger partial charge in [-0.3, -0.25) is 4.98 Å². The summed E-state index contributed by atoms with van der Waals surface area (Å²) in [6, 6.07) is 4.48. The van der Waals surface area contributed by atoms with Gasteiger partial charge in [-0.15, -0.1) is 0 Å². The highest BCUT2D eigenvalue weighted by molar-refractivity contribution is 5.73. The number of rotatable bonds is 2. The maximum absolute atomic E-state index is 10.1. The molecule has 4 nitrogen and oxygen atoms in total. The first-order valence-corrected chi connectivity index (χ1v) is 10.0. The molecule has 0 aliphatic heterocycles. The van der Waals surface area contributed by atoms with Crippen LogP contribution in [0.4, 0.5) is 0 Å².